The molecule has 3 rings (SSSR count). The molecule has 18 heavy (non-hydrogen) atoms. The zero-order chi connectivity index (χ0) is 12.4. The van der Waals surface area contributed by atoms with Crippen molar-refractivity contribution in [3.63, 3.8) is 0 Å². The molecule has 0 atom stereocenters. The van der Waals surface area contributed by atoms with E-state index in [1.165, 1.54) is 54.5 Å². The Bertz CT molecular complexity index is 390. The molecule has 0 bridgehead atoms. The van der Waals surface area contributed by atoms with Crippen molar-refractivity contribution in [2.75, 3.05) is 19.6 Å². The molecule has 2 aliphatic rings. The van der Waals surface area contributed by atoms with Crippen molar-refractivity contribution in [3.8, 4) is 0 Å². The number of halogens is 1. The van der Waals surface area contributed by atoms with Crippen molar-refractivity contribution in [1.29, 1.82) is 0 Å². The third-order valence-electron chi connectivity index (χ3n) is 4.46. The maximum atomic E-state index is 3.62. The minimum Gasteiger partial charge on any atom is -0.314 e. The minimum absolute atomic E-state index is 0.449. The Hall–Kier alpha value is 0.1000. The van der Waals surface area contributed by atoms with E-state index in [2.05, 4.69) is 37.6 Å². The molecule has 0 radical (unpaired) electrons. The summed E-state index contributed by atoms with van der Waals surface area (Å²) in [6.07, 6.45) is 7.01. The molecule has 1 N–H and O–H groups in total. The van der Waals surface area contributed by atoms with Gasteiger partial charge in [0, 0.05) is 31.7 Å². The minimum atomic E-state index is 0.449. The molecule has 1 saturated carbocycles. The standard InChI is InChI=1S/C14H21BrN2S/c15-13-8-12(10-18-13)9-17-7-6-16-11-14(17)4-2-1-3-5-14/h8,10,16H,1-7,9,11H2. The van der Waals surface area contributed by atoms with Crippen LogP contribution in [0.2, 0.25) is 0 Å². The smallest absolute Gasteiger partial charge is 0.0701 e. The molecule has 1 aromatic heterocycles. The van der Waals surface area contributed by atoms with Crippen LogP contribution in [0, 0.1) is 0 Å². The zero-order valence-corrected chi connectivity index (χ0v) is 13.2. The fraction of sp³-hybridized carbons (Fsp3) is 0.714. The van der Waals surface area contributed by atoms with Gasteiger partial charge in [-0.1, -0.05) is 19.3 Å². The van der Waals surface area contributed by atoms with Crippen molar-refractivity contribution in [1.82, 2.24) is 10.2 Å². The summed E-state index contributed by atoms with van der Waals surface area (Å²) in [4.78, 5) is 2.75. The van der Waals surface area contributed by atoms with Gasteiger partial charge < -0.3 is 5.32 Å². The van der Waals surface area contributed by atoms with Gasteiger partial charge >= 0.3 is 0 Å². The first-order valence-corrected chi connectivity index (χ1v) is 8.64. The summed E-state index contributed by atoms with van der Waals surface area (Å²) >= 11 is 5.37. The first-order chi connectivity index (χ1) is 8.78. The van der Waals surface area contributed by atoms with Crippen LogP contribution in [0.1, 0.15) is 37.7 Å². The van der Waals surface area contributed by atoms with Crippen LogP contribution in [0.15, 0.2) is 15.2 Å². The molecular weight excluding hydrogens is 308 g/mol. The van der Waals surface area contributed by atoms with Crippen LogP contribution in [-0.2, 0) is 6.54 Å². The van der Waals surface area contributed by atoms with E-state index in [1.807, 2.05) is 0 Å². The molecule has 0 aromatic carbocycles. The Morgan fingerprint density at radius 2 is 2.17 bits per heavy atom. The van der Waals surface area contributed by atoms with Crippen LogP contribution in [0.5, 0.6) is 0 Å². The maximum absolute atomic E-state index is 3.62. The summed E-state index contributed by atoms with van der Waals surface area (Å²) in [5, 5.41) is 5.91. The van der Waals surface area contributed by atoms with Crippen molar-refractivity contribution in [2.45, 2.75) is 44.2 Å². The number of nitrogens with zero attached hydrogens (tertiary/aromatic N) is 1. The summed E-state index contributed by atoms with van der Waals surface area (Å²) in [6, 6.07) is 2.28. The van der Waals surface area contributed by atoms with Crippen LogP contribution < -0.4 is 5.32 Å². The molecule has 0 unspecified atom stereocenters. The highest BCUT2D eigenvalue weighted by Gasteiger charge is 2.39. The van der Waals surface area contributed by atoms with Crippen LogP contribution in [0.3, 0.4) is 0 Å². The Morgan fingerprint density at radius 1 is 1.33 bits per heavy atom. The molecule has 4 heteroatoms. The van der Waals surface area contributed by atoms with E-state index in [0.29, 0.717) is 5.54 Å². The molecule has 2 heterocycles. The summed E-state index contributed by atoms with van der Waals surface area (Å²) in [5.74, 6) is 0. The van der Waals surface area contributed by atoms with E-state index >= 15 is 0 Å². The molecule has 2 nitrogen and oxygen atoms in total. The predicted molar refractivity (Wildman–Crippen MR) is 81.1 cm³/mol. The van der Waals surface area contributed by atoms with E-state index in [-0.39, 0.29) is 0 Å². The lowest BCUT2D eigenvalue weighted by atomic mass is 9.79. The van der Waals surface area contributed by atoms with Crippen LogP contribution in [-0.4, -0.2) is 30.1 Å². The van der Waals surface area contributed by atoms with Gasteiger partial charge in [-0.15, -0.1) is 11.3 Å². The summed E-state index contributed by atoms with van der Waals surface area (Å²) in [5.41, 5.74) is 1.92. The van der Waals surface area contributed by atoms with Gasteiger partial charge in [0.15, 0.2) is 0 Å². The van der Waals surface area contributed by atoms with E-state index in [1.54, 1.807) is 11.3 Å². The summed E-state index contributed by atoms with van der Waals surface area (Å²) in [7, 11) is 0. The fourth-order valence-corrected chi connectivity index (χ4v) is 4.68. The first-order valence-electron chi connectivity index (χ1n) is 6.97. The van der Waals surface area contributed by atoms with Gasteiger partial charge in [0.25, 0.3) is 0 Å². The van der Waals surface area contributed by atoms with Gasteiger partial charge in [0.1, 0.15) is 0 Å². The average molecular weight is 329 g/mol. The van der Waals surface area contributed by atoms with Gasteiger partial charge in [-0.25, -0.2) is 0 Å². The lowest BCUT2D eigenvalue weighted by molar-refractivity contribution is 0.0210. The van der Waals surface area contributed by atoms with Crippen molar-refractivity contribution in [3.05, 3.63) is 20.8 Å². The van der Waals surface area contributed by atoms with E-state index in [0.717, 1.165) is 13.1 Å². The third-order valence-corrected chi connectivity index (χ3v) is 6.02. The molecule has 100 valence electrons. The molecule has 0 amide bonds. The van der Waals surface area contributed by atoms with E-state index in [9.17, 15) is 0 Å². The Kier molecular flexibility index (Phi) is 4.09. The average Bonchev–Trinajstić information content (AvgIpc) is 2.79. The van der Waals surface area contributed by atoms with Gasteiger partial charge in [-0.3, -0.25) is 4.90 Å². The van der Waals surface area contributed by atoms with E-state index < -0.39 is 0 Å². The predicted octanol–water partition coefficient (Wildman–Crippen LogP) is 3.62. The van der Waals surface area contributed by atoms with Gasteiger partial charge in [-0.2, -0.15) is 0 Å². The number of rotatable bonds is 2. The van der Waals surface area contributed by atoms with E-state index in [4.69, 9.17) is 0 Å². The zero-order valence-electron chi connectivity index (χ0n) is 10.8. The quantitative estimate of drug-likeness (QED) is 0.891. The molecule has 1 saturated heterocycles. The van der Waals surface area contributed by atoms with Crippen LogP contribution in [0.25, 0.3) is 0 Å². The topological polar surface area (TPSA) is 15.3 Å². The number of thiophene rings is 1. The molecule has 1 aromatic rings. The molecule has 1 spiro atoms. The molecule has 2 fully saturated rings. The van der Waals surface area contributed by atoms with Gasteiger partial charge in [-0.05, 0) is 45.8 Å². The normalized spacial score (nSPS) is 24.5. The molecular formula is C14H21BrN2S. The number of hydrogen-bond donors (Lipinski definition) is 1. The second-order valence-corrected chi connectivity index (χ2v) is 7.93. The highest BCUT2D eigenvalue weighted by molar-refractivity contribution is 9.11. The maximum Gasteiger partial charge on any atom is 0.0701 e. The van der Waals surface area contributed by atoms with Crippen molar-refractivity contribution in [2.24, 2.45) is 0 Å². The van der Waals surface area contributed by atoms with Crippen molar-refractivity contribution >= 4 is 27.3 Å². The van der Waals surface area contributed by atoms with Gasteiger partial charge in [0.05, 0.1) is 3.79 Å². The Morgan fingerprint density at radius 3 is 2.89 bits per heavy atom. The fourth-order valence-electron chi connectivity index (χ4n) is 3.48. The summed E-state index contributed by atoms with van der Waals surface area (Å²) < 4.78 is 1.25. The Balaban J connectivity index is 1.75. The highest BCUT2D eigenvalue weighted by atomic mass is 79.9. The second kappa shape index (κ2) is 5.61. The second-order valence-electron chi connectivity index (χ2n) is 5.64. The molecule has 1 aliphatic carbocycles. The number of nitrogens with one attached hydrogen (secondary N) is 1. The van der Waals surface area contributed by atoms with Crippen LogP contribution in [0.4, 0.5) is 0 Å². The highest BCUT2D eigenvalue weighted by Crippen LogP contribution is 2.36. The third kappa shape index (κ3) is 2.67. The number of piperazine rings is 1. The summed E-state index contributed by atoms with van der Waals surface area (Å²) in [6.45, 7) is 4.67. The van der Waals surface area contributed by atoms with Gasteiger partial charge in [0.2, 0.25) is 0 Å². The lowest BCUT2D eigenvalue weighted by Gasteiger charge is -2.50. The largest absolute Gasteiger partial charge is 0.314 e. The van der Waals surface area contributed by atoms with Crippen LogP contribution >= 0.6 is 27.3 Å². The Labute approximate surface area is 122 Å². The monoisotopic (exact) mass is 328 g/mol. The molecule has 1 aliphatic heterocycles. The number of hydrogen-bond acceptors (Lipinski definition) is 3. The van der Waals surface area contributed by atoms with Crippen molar-refractivity contribution < 1.29 is 0 Å². The first kappa shape index (κ1) is 13.1. The lowest BCUT2D eigenvalue weighted by Crippen LogP contribution is -2.61. The SMILES string of the molecule is Brc1cc(CN2CCNCC23CCCCC3)cs1.